The standard InChI is InChI=1S/C35H30ClN3O6/c1-35(33(41)42)30(24-15-18-27(44-2)28(19-24)45-3)29(32(40)23-11-9-21(20-37)10-12-23)31(22-13-16-25(36)17-14-22)39(35)34(43)38-26-7-5-4-6-8-26/h4-19,29-31H,1-3H3,(H,38,43)(H,41,42). The number of carbonyl (C=O) groups is 3. The van der Waals surface area contributed by atoms with Crippen LogP contribution in [0.15, 0.2) is 97.1 Å². The lowest BCUT2D eigenvalue weighted by Gasteiger charge is -2.37. The van der Waals surface area contributed by atoms with Crippen LogP contribution in [-0.4, -0.2) is 47.5 Å². The number of nitriles is 1. The van der Waals surface area contributed by atoms with Crippen molar-refractivity contribution in [3.63, 3.8) is 0 Å². The third kappa shape index (κ3) is 5.68. The Kier molecular flexibility index (Phi) is 8.80. The van der Waals surface area contributed by atoms with E-state index in [4.69, 9.17) is 21.1 Å². The summed E-state index contributed by atoms with van der Waals surface area (Å²) >= 11 is 6.23. The number of Topliss-reactive ketones (excluding diaryl/α,β-unsaturated/α-hetero) is 1. The molecule has 10 heteroatoms. The Morgan fingerprint density at radius 1 is 0.889 bits per heavy atom. The number of ether oxygens (including phenoxy) is 2. The molecular weight excluding hydrogens is 594 g/mol. The van der Waals surface area contributed by atoms with E-state index in [2.05, 4.69) is 5.32 Å². The molecule has 2 amide bonds. The summed E-state index contributed by atoms with van der Waals surface area (Å²) in [5, 5.41) is 23.6. The van der Waals surface area contributed by atoms with Crippen LogP contribution in [0.25, 0.3) is 0 Å². The molecule has 45 heavy (non-hydrogen) atoms. The Bertz CT molecular complexity index is 1770. The number of carboxylic acid groups (broad SMARTS) is 1. The van der Waals surface area contributed by atoms with Gasteiger partial charge in [0.15, 0.2) is 17.3 Å². The first-order valence-corrected chi connectivity index (χ1v) is 14.4. The number of methoxy groups -OCH3 is 2. The average molecular weight is 624 g/mol. The summed E-state index contributed by atoms with van der Waals surface area (Å²) in [7, 11) is 2.94. The van der Waals surface area contributed by atoms with Gasteiger partial charge >= 0.3 is 12.0 Å². The molecule has 0 saturated carbocycles. The van der Waals surface area contributed by atoms with Crippen LogP contribution in [0.2, 0.25) is 5.02 Å². The Labute approximate surface area is 265 Å². The van der Waals surface area contributed by atoms with Gasteiger partial charge < -0.3 is 19.9 Å². The Hall–Kier alpha value is -5.33. The largest absolute Gasteiger partial charge is 0.493 e. The van der Waals surface area contributed by atoms with Crippen LogP contribution in [0.1, 0.15) is 45.9 Å². The van der Waals surface area contributed by atoms with Crippen molar-refractivity contribution in [1.29, 1.82) is 5.26 Å². The van der Waals surface area contributed by atoms with Gasteiger partial charge in [-0.25, -0.2) is 9.59 Å². The van der Waals surface area contributed by atoms with Crippen molar-refractivity contribution in [2.75, 3.05) is 19.5 Å². The SMILES string of the molecule is COc1ccc(C2C(C(=O)c3ccc(C#N)cc3)C(c3ccc(Cl)cc3)N(C(=O)Nc3ccccc3)C2(C)C(=O)O)cc1OC. The highest BCUT2D eigenvalue weighted by molar-refractivity contribution is 6.30. The van der Waals surface area contributed by atoms with Gasteiger partial charge in [-0.05, 0) is 66.6 Å². The smallest absolute Gasteiger partial charge is 0.330 e. The van der Waals surface area contributed by atoms with Crippen LogP contribution in [0, 0.1) is 17.2 Å². The summed E-state index contributed by atoms with van der Waals surface area (Å²) in [6, 6.07) is 26.7. The van der Waals surface area contributed by atoms with Crippen LogP contribution in [-0.2, 0) is 4.79 Å². The lowest BCUT2D eigenvalue weighted by Crippen LogP contribution is -2.55. The Morgan fingerprint density at radius 2 is 1.51 bits per heavy atom. The third-order valence-electron chi connectivity index (χ3n) is 8.34. The molecule has 1 fully saturated rings. The molecule has 0 radical (unpaired) electrons. The lowest BCUT2D eigenvalue weighted by atomic mass is 9.71. The van der Waals surface area contributed by atoms with E-state index < -0.39 is 41.2 Å². The highest BCUT2D eigenvalue weighted by atomic mass is 35.5. The maximum Gasteiger partial charge on any atom is 0.330 e. The first kappa shape index (κ1) is 31.1. The molecule has 0 aromatic heterocycles. The number of amides is 2. The molecule has 4 unspecified atom stereocenters. The van der Waals surface area contributed by atoms with Gasteiger partial charge in [-0.15, -0.1) is 0 Å². The number of carboxylic acids is 1. The number of halogens is 1. The average Bonchev–Trinajstić information content (AvgIpc) is 3.35. The zero-order valence-corrected chi connectivity index (χ0v) is 25.5. The van der Waals surface area contributed by atoms with Crippen LogP contribution in [0.3, 0.4) is 0 Å². The lowest BCUT2D eigenvalue weighted by molar-refractivity contribution is -0.148. The second kappa shape index (κ2) is 12.7. The van der Waals surface area contributed by atoms with Crippen molar-refractivity contribution in [2.45, 2.75) is 24.4 Å². The second-order valence-electron chi connectivity index (χ2n) is 10.8. The van der Waals surface area contributed by atoms with Gasteiger partial charge in [0, 0.05) is 22.2 Å². The monoisotopic (exact) mass is 623 g/mol. The normalized spacial score (nSPS) is 20.6. The van der Waals surface area contributed by atoms with Gasteiger partial charge in [0.25, 0.3) is 0 Å². The minimum atomic E-state index is -1.95. The fraction of sp³-hybridized carbons (Fsp3) is 0.200. The van der Waals surface area contributed by atoms with Crippen molar-refractivity contribution in [3.8, 4) is 17.6 Å². The molecular formula is C35H30ClN3O6. The van der Waals surface area contributed by atoms with E-state index in [-0.39, 0.29) is 5.56 Å². The minimum absolute atomic E-state index is 0.265. The summed E-state index contributed by atoms with van der Waals surface area (Å²) in [4.78, 5) is 43.8. The fourth-order valence-electron chi connectivity index (χ4n) is 6.20. The van der Waals surface area contributed by atoms with Crippen LogP contribution < -0.4 is 14.8 Å². The summed E-state index contributed by atoms with van der Waals surface area (Å²) in [6.45, 7) is 1.45. The van der Waals surface area contributed by atoms with Crippen molar-refractivity contribution < 1.29 is 29.0 Å². The predicted molar refractivity (Wildman–Crippen MR) is 169 cm³/mol. The number of benzene rings is 4. The number of carbonyl (C=O) groups excluding carboxylic acids is 2. The molecule has 2 N–H and O–H groups in total. The van der Waals surface area contributed by atoms with E-state index in [1.807, 2.05) is 6.07 Å². The summed E-state index contributed by atoms with van der Waals surface area (Å²) in [5.41, 5.74) is 0.109. The summed E-state index contributed by atoms with van der Waals surface area (Å²) in [6.07, 6.45) is 0. The molecule has 0 aliphatic carbocycles. The summed E-state index contributed by atoms with van der Waals surface area (Å²) in [5.74, 6) is -3.12. The number of rotatable bonds is 8. The zero-order chi connectivity index (χ0) is 32.3. The number of likely N-dealkylation sites (tertiary alicyclic amines) is 1. The molecule has 228 valence electrons. The number of aliphatic carboxylic acids is 1. The van der Waals surface area contributed by atoms with Crippen molar-refractivity contribution >= 4 is 35.1 Å². The van der Waals surface area contributed by atoms with Gasteiger partial charge in [0.05, 0.1) is 37.8 Å². The van der Waals surface area contributed by atoms with Gasteiger partial charge in [-0.2, -0.15) is 5.26 Å². The van der Waals surface area contributed by atoms with Gasteiger partial charge in [-0.1, -0.05) is 60.1 Å². The zero-order valence-electron chi connectivity index (χ0n) is 24.7. The molecule has 1 heterocycles. The number of hydrogen-bond donors (Lipinski definition) is 2. The fourth-order valence-corrected chi connectivity index (χ4v) is 6.33. The molecule has 9 nitrogen and oxygen atoms in total. The maximum atomic E-state index is 14.7. The van der Waals surface area contributed by atoms with Crippen molar-refractivity contribution in [1.82, 2.24) is 4.90 Å². The van der Waals surface area contributed by atoms with Crippen LogP contribution in [0.5, 0.6) is 11.5 Å². The first-order valence-electron chi connectivity index (χ1n) is 14.0. The third-order valence-corrected chi connectivity index (χ3v) is 8.59. The second-order valence-corrected chi connectivity index (χ2v) is 11.2. The Balaban J connectivity index is 1.80. The highest BCUT2D eigenvalue weighted by Gasteiger charge is 2.65. The molecule has 1 aliphatic heterocycles. The van der Waals surface area contributed by atoms with Gasteiger partial charge in [0.1, 0.15) is 5.54 Å². The molecule has 5 rings (SSSR count). The van der Waals surface area contributed by atoms with Crippen molar-refractivity contribution in [3.05, 3.63) is 124 Å². The van der Waals surface area contributed by atoms with E-state index in [0.717, 1.165) is 0 Å². The number of hydrogen-bond acceptors (Lipinski definition) is 6. The van der Waals surface area contributed by atoms with Crippen LogP contribution >= 0.6 is 11.6 Å². The van der Waals surface area contributed by atoms with Crippen molar-refractivity contribution in [2.24, 2.45) is 5.92 Å². The molecule has 0 spiro atoms. The molecule has 0 bridgehead atoms. The number of para-hydroxylation sites is 1. The van der Waals surface area contributed by atoms with Gasteiger partial charge in [0.2, 0.25) is 0 Å². The molecule has 1 saturated heterocycles. The van der Waals surface area contributed by atoms with E-state index in [0.29, 0.717) is 38.9 Å². The number of nitrogens with one attached hydrogen (secondary N) is 1. The molecule has 4 aromatic rings. The van der Waals surface area contributed by atoms with E-state index in [9.17, 15) is 24.8 Å². The molecule has 1 aliphatic rings. The van der Waals surface area contributed by atoms with E-state index >= 15 is 0 Å². The Morgan fingerprint density at radius 3 is 2.09 bits per heavy atom. The maximum absolute atomic E-state index is 14.7. The predicted octanol–water partition coefficient (Wildman–Crippen LogP) is 6.94. The van der Waals surface area contributed by atoms with E-state index in [1.165, 1.54) is 50.3 Å². The minimum Gasteiger partial charge on any atom is -0.493 e. The number of anilines is 1. The number of ketones is 1. The van der Waals surface area contributed by atoms with E-state index in [1.54, 1.807) is 72.8 Å². The topological polar surface area (TPSA) is 129 Å². The molecule has 4 aromatic carbocycles. The number of urea groups is 1. The van der Waals surface area contributed by atoms with Crippen LogP contribution in [0.4, 0.5) is 10.5 Å². The highest BCUT2D eigenvalue weighted by Crippen LogP contribution is 2.57. The summed E-state index contributed by atoms with van der Waals surface area (Å²) < 4.78 is 11.0. The molecule has 4 atom stereocenters. The first-order chi connectivity index (χ1) is 21.6. The number of nitrogens with zero attached hydrogens (tertiary/aromatic N) is 2. The van der Waals surface area contributed by atoms with Gasteiger partial charge in [-0.3, -0.25) is 9.69 Å². The quantitative estimate of drug-likeness (QED) is 0.203.